The molecule has 19 heavy (non-hydrogen) atoms. The molecule has 0 amide bonds. The van der Waals surface area contributed by atoms with Crippen LogP contribution in [0.4, 0.5) is 0 Å². The Balaban J connectivity index is 2.95. The molecule has 0 aliphatic carbocycles. The maximum Gasteiger partial charge on any atom is 0.147 e. The van der Waals surface area contributed by atoms with E-state index in [1.165, 1.54) is 0 Å². The number of nitrogens with one attached hydrogen (secondary N) is 1. The zero-order valence-electron chi connectivity index (χ0n) is 11.7. The number of ether oxygens (including phenoxy) is 1. The second-order valence-corrected chi connectivity index (χ2v) is 8.95. The predicted molar refractivity (Wildman–Crippen MR) is 87.8 cm³/mol. The lowest BCUT2D eigenvalue weighted by molar-refractivity contribution is 0.409. The Morgan fingerprint density at radius 2 is 1.74 bits per heavy atom. The first-order valence-electron chi connectivity index (χ1n) is 5.87. The number of rotatable bonds is 4. The van der Waals surface area contributed by atoms with Gasteiger partial charge in [-0.2, -0.15) is 0 Å². The summed E-state index contributed by atoms with van der Waals surface area (Å²) in [5.41, 5.74) is 1.04. The zero-order chi connectivity index (χ0) is 14.8. The topological polar surface area (TPSA) is 38.3 Å². The van der Waals surface area contributed by atoms with Crippen LogP contribution in [0.2, 0.25) is 0 Å². The number of halogens is 2. The summed E-state index contributed by atoms with van der Waals surface area (Å²) in [6, 6.07) is 3.93. The molecule has 108 valence electrons. The molecule has 2 atom stereocenters. The fourth-order valence-corrected chi connectivity index (χ4v) is 3.79. The van der Waals surface area contributed by atoms with Crippen LogP contribution in [0.3, 0.4) is 0 Å². The van der Waals surface area contributed by atoms with Gasteiger partial charge in [0.1, 0.15) is 5.75 Å². The predicted octanol–water partition coefficient (Wildman–Crippen LogP) is 4.33. The third kappa shape index (κ3) is 4.55. The molecule has 1 N–H and O–H groups in total. The molecule has 2 unspecified atom stereocenters. The third-order valence-electron chi connectivity index (χ3n) is 2.56. The molecule has 1 aromatic carbocycles. The van der Waals surface area contributed by atoms with Crippen molar-refractivity contribution in [3.63, 3.8) is 0 Å². The van der Waals surface area contributed by atoms with E-state index in [-0.39, 0.29) is 10.8 Å². The second kappa shape index (κ2) is 6.70. The van der Waals surface area contributed by atoms with E-state index in [2.05, 4.69) is 36.6 Å². The van der Waals surface area contributed by atoms with Crippen LogP contribution in [-0.4, -0.2) is 16.1 Å². The molecule has 0 aliphatic rings. The van der Waals surface area contributed by atoms with Gasteiger partial charge in [0.25, 0.3) is 0 Å². The molecule has 0 aromatic heterocycles. The molecule has 0 bridgehead atoms. The molecule has 0 heterocycles. The molecule has 0 fully saturated rings. The molecular formula is C13H19Br2NO2S. The van der Waals surface area contributed by atoms with Gasteiger partial charge in [0.15, 0.2) is 0 Å². The van der Waals surface area contributed by atoms with E-state index in [1.807, 2.05) is 39.8 Å². The maximum absolute atomic E-state index is 12.1. The van der Waals surface area contributed by atoms with E-state index in [0.717, 1.165) is 20.3 Å². The van der Waals surface area contributed by atoms with E-state index in [9.17, 15) is 4.21 Å². The van der Waals surface area contributed by atoms with Crippen molar-refractivity contribution in [3.8, 4) is 5.75 Å². The van der Waals surface area contributed by atoms with Crippen molar-refractivity contribution in [2.75, 3.05) is 7.11 Å². The van der Waals surface area contributed by atoms with E-state index in [4.69, 9.17) is 4.74 Å². The second-order valence-electron chi connectivity index (χ2n) is 5.24. The minimum absolute atomic E-state index is 0.0152. The highest BCUT2D eigenvalue weighted by Gasteiger charge is 2.22. The Morgan fingerprint density at radius 1 is 1.26 bits per heavy atom. The summed E-state index contributed by atoms with van der Waals surface area (Å²) >= 11 is 6.95. The van der Waals surface area contributed by atoms with Crippen molar-refractivity contribution in [1.82, 2.24) is 4.72 Å². The molecule has 0 spiro atoms. The molecule has 6 heteroatoms. The maximum atomic E-state index is 12.1. The van der Waals surface area contributed by atoms with Crippen LogP contribution in [0.1, 0.15) is 39.3 Å². The summed E-state index contributed by atoms with van der Waals surface area (Å²) in [4.78, 5) is 0. The lowest BCUT2D eigenvalue weighted by Gasteiger charge is -2.22. The molecule has 3 nitrogen and oxygen atoms in total. The third-order valence-corrected chi connectivity index (χ3v) is 5.42. The monoisotopic (exact) mass is 411 g/mol. The zero-order valence-corrected chi connectivity index (χ0v) is 15.7. The lowest BCUT2D eigenvalue weighted by atomic mass is 10.1. The van der Waals surface area contributed by atoms with Gasteiger partial charge in [-0.15, -0.1) is 0 Å². The minimum atomic E-state index is -1.10. The quantitative estimate of drug-likeness (QED) is 0.798. The van der Waals surface area contributed by atoms with Crippen LogP contribution in [0, 0.1) is 0 Å². The molecular weight excluding hydrogens is 394 g/mol. The standard InChI is InChI=1S/C13H19Br2NO2S/c1-8(16-19(17)13(2,3)4)9-6-10(14)12(18-5)11(15)7-9/h6-8,16H,1-5H3. The van der Waals surface area contributed by atoms with Gasteiger partial charge >= 0.3 is 0 Å². The average Bonchev–Trinajstić information content (AvgIpc) is 2.27. The van der Waals surface area contributed by atoms with Gasteiger partial charge in [-0.1, -0.05) is 0 Å². The van der Waals surface area contributed by atoms with Crippen molar-refractivity contribution in [3.05, 3.63) is 26.6 Å². The number of hydrogen-bond acceptors (Lipinski definition) is 2. The summed E-state index contributed by atoms with van der Waals surface area (Å²) in [5.74, 6) is 0.757. The van der Waals surface area contributed by atoms with Gasteiger partial charge in [-0.3, -0.25) is 0 Å². The van der Waals surface area contributed by atoms with Crippen LogP contribution in [0.5, 0.6) is 5.75 Å². The summed E-state index contributed by atoms with van der Waals surface area (Å²) in [7, 11) is 0.526. The Morgan fingerprint density at radius 3 is 2.11 bits per heavy atom. The summed E-state index contributed by atoms with van der Waals surface area (Å²) in [6.07, 6.45) is 0. The van der Waals surface area contributed by atoms with Crippen LogP contribution in [-0.2, 0) is 11.0 Å². The van der Waals surface area contributed by atoms with Crippen LogP contribution in [0.15, 0.2) is 21.1 Å². The normalized spacial score (nSPS) is 15.1. The molecule has 0 saturated carbocycles. The van der Waals surface area contributed by atoms with Crippen molar-refractivity contribution in [1.29, 1.82) is 0 Å². The molecule has 0 radical (unpaired) electrons. The fourth-order valence-electron chi connectivity index (χ4n) is 1.43. The van der Waals surface area contributed by atoms with E-state index >= 15 is 0 Å². The highest BCUT2D eigenvalue weighted by atomic mass is 79.9. The van der Waals surface area contributed by atoms with Crippen molar-refractivity contribution in [2.45, 2.75) is 38.5 Å². The van der Waals surface area contributed by atoms with Crippen molar-refractivity contribution in [2.24, 2.45) is 0 Å². The van der Waals surface area contributed by atoms with E-state index < -0.39 is 11.0 Å². The first-order valence-corrected chi connectivity index (χ1v) is 8.61. The van der Waals surface area contributed by atoms with Gasteiger partial charge < -0.3 is 4.74 Å². The lowest BCUT2D eigenvalue weighted by Crippen LogP contribution is -2.34. The summed E-state index contributed by atoms with van der Waals surface area (Å²) in [6.45, 7) is 7.83. The van der Waals surface area contributed by atoms with E-state index in [1.54, 1.807) is 7.11 Å². The van der Waals surface area contributed by atoms with Gasteiger partial charge in [-0.25, -0.2) is 8.93 Å². The van der Waals surface area contributed by atoms with Gasteiger partial charge in [0.05, 0.1) is 31.8 Å². The first kappa shape index (κ1) is 17.1. The average molecular weight is 413 g/mol. The highest BCUT2D eigenvalue weighted by molar-refractivity contribution is 9.11. The van der Waals surface area contributed by atoms with Crippen molar-refractivity contribution < 1.29 is 8.95 Å². The molecule has 1 rings (SSSR count). The Kier molecular flexibility index (Phi) is 6.04. The Labute approximate surface area is 134 Å². The van der Waals surface area contributed by atoms with Crippen LogP contribution < -0.4 is 9.46 Å². The number of methoxy groups -OCH3 is 1. The molecule has 0 aliphatic heterocycles. The Hall–Kier alpha value is 0.0900. The van der Waals surface area contributed by atoms with Crippen molar-refractivity contribution >= 4 is 42.8 Å². The van der Waals surface area contributed by atoms with Gasteiger partial charge in [-0.05, 0) is 77.3 Å². The highest BCUT2D eigenvalue weighted by Crippen LogP contribution is 2.36. The fraction of sp³-hybridized carbons (Fsp3) is 0.538. The summed E-state index contributed by atoms with van der Waals surface area (Å²) < 4.78 is 21.9. The van der Waals surface area contributed by atoms with Gasteiger partial charge in [0, 0.05) is 6.04 Å². The number of benzene rings is 1. The molecule has 1 aromatic rings. The number of hydrogen-bond donors (Lipinski definition) is 1. The SMILES string of the molecule is COc1c(Br)cc(C(C)NS(=O)C(C)(C)C)cc1Br. The first-order chi connectivity index (χ1) is 8.66. The van der Waals surface area contributed by atoms with Crippen LogP contribution >= 0.6 is 31.9 Å². The minimum Gasteiger partial charge on any atom is -0.494 e. The Bertz CT molecular complexity index is 463. The van der Waals surface area contributed by atoms with E-state index in [0.29, 0.717) is 0 Å². The van der Waals surface area contributed by atoms with Gasteiger partial charge in [0.2, 0.25) is 0 Å². The van der Waals surface area contributed by atoms with Crippen LogP contribution in [0.25, 0.3) is 0 Å². The molecule has 0 saturated heterocycles. The smallest absolute Gasteiger partial charge is 0.147 e. The summed E-state index contributed by atoms with van der Waals surface area (Å²) in [5, 5.41) is 0. The largest absolute Gasteiger partial charge is 0.494 e.